The van der Waals surface area contributed by atoms with Crippen LogP contribution in [0.15, 0.2) is 24.3 Å². The number of benzene rings is 1. The van der Waals surface area contributed by atoms with Crippen LogP contribution < -0.4 is 5.32 Å². The molecule has 1 aromatic carbocycles. The molecule has 2 atom stereocenters. The van der Waals surface area contributed by atoms with E-state index in [9.17, 15) is 23.1 Å². The van der Waals surface area contributed by atoms with Crippen LogP contribution in [0.3, 0.4) is 0 Å². The van der Waals surface area contributed by atoms with Gasteiger partial charge >= 0.3 is 12.1 Å². The Morgan fingerprint density at radius 1 is 1.16 bits per heavy atom. The van der Waals surface area contributed by atoms with Crippen LogP contribution in [-0.2, 0) is 11.0 Å². The normalized spacial score (nSPS) is 21.5. The minimum absolute atomic E-state index is 0.212. The number of halogens is 3. The van der Waals surface area contributed by atoms with Crippen LogP contribution in [-0.4, -0.2) is 23.7 Å². The molecule has 0 amide bonds. The summed E-state index contributed by atoms with van der Waals surface area (Å²) >= 11 is 0. The summed E-state index contributed by atoms with van der Waals surface area (Å²) in [6.45, 7) is 4.21. The second-order valence-corrected chi connectivity index (χ2v) is 7.00. The summed E-state index contributed by atoms with van der Waals surface area (Å²) in [6, 6.07) is 5.62. The molecule has 140 valence electrons. The average Bonchev–Trinajstić information content (AvgIpc) is 3.04. The van der Waals surface area contributed by atoms with E-state index in [0.29, 0.717) is 19.4 Å². The highest BCUT2D eigenvalue weighted by Gasteiger charge is 2.36. The third kappa shape index (κ3) is 4.54. The van der Waals surface area contributed by atoms with E-state index in [1.54, 1.807) is 12.1 Å². The van der Waals surface area contributed by atoms with Crippen molar-refractivity contribution in [1.82, 2.24) is 5.32 Å². The molecule has 0 aromatic heterocycles. The van der Waals surface area contributed by atoms with Gasteiger partial charge in [-0.3, -0.25) is 4.79 Å². The highest BCUT2D eigenvalue weighted by Crippen LogP contribution is 2.37. The van der Waals surface area contributed by atoms with E-state index in [4.69, 9.17) is 0 Å². The van der Waals surface area contributed by atoms with E-state index in [1.807, 2.05) is 13.8 Å². The molecule has 0 bridgehead atoms. The maximum Gasteiger partial charge on any atom is 0.416 e. The molecule has 2 unspecified atom stereocenters. The lowest BCUT2D eigenvalue weighted by Gasteiger charge is -2.28. The Morgan fingerprint density at radius 3 is 2.24 bits per heavy atom. The predicted octanol–water partition coefficient (Wildman–Crippen LogP) is 4.82. The Hall–Kier alpha value is -1.56. The first-order chi connectivity index (χ1) is 11.7. The molecule has 1 aliphatic rings. The minimum atomic E-state index is -4.31. The lowest BCUT2D eigenvalue weighted by atomic mass is 9.82. The molecule has 0 aliphatic heterocycles. The maximum absolute atomic E-state index is 12.6. The smallest absolute Gasteiger partial charge is 0.416 e. The van der Waals surface area contributed by atoms with Crippen molar-refractivity contribution in [3.63, 3.8) is 0 Å². The van der Waals surface area contributed by atoms with Crippen molar-refractivity contribution in [3.05, 3.63) is 35.4 Å². The Balaban J connectivity index is 1.94. The summed E-state index contributed by atoms with van der Waals surface area (Å²) in [6.07, 6.45) is -0.523. The standard InChI is InChI=1S/C19H26F3NO2/c1-3-18(4-2,17(24)25)12-23-16-10-7-14(11-16)13-5-8-15(9-6-13)19(20,21)22/h5-6,8-9,14,16,23H,3-4,7,10-12H2,1-2H3,(H,24,25). The van der Waals surface area contributed by atoms with Gasteiger partial charge in [0.15, 0.2) is 0 Å². The molecule has 2 rings (SSSR count). The first-order valence-corrected chi connectivity index (χ1v) is 8.85. The van der Waals surface area contributed by atoms with Crippen LogP contribution in [0.1, 0.15) is 63.0 Å². The topological polar surface area (TPSA) is 49.3 Å². The van der Waals surface area contributed by atoms with Crippen LogP contribution in [0.5, 0.6) is 0 Å². The molecule has 0 spiro atoms. The van der Waals surface area contributed by atoms with E-state index in [-0.39, 0.29) is 12.0 Å². The monoisotopic (exact) mass is 357 g/mol. The van der Waals surface area contributed by atoms with E-state index in [1.165, 1.54) is 0 Å². The van der Waals surface area contributed by atoms with Gasteiger partial charge in [0.2, 0.25) is 0 Å². The third-order valence-corrected chi connectivity index (χ3v) is 5.68. The summed E-state index contributed by atoms with van der Waals surface area (Å²) in [5.41, 5.74) is -0.444. The van der Waals surface area contributed by atoms with Crippen molar-refractivity contribution in [2.45, 2.75) is 64.1 Å². The molecule has 1 aromatic rings. The zero-order chi connectivity index (χ0) is 18.7. The summed E-state index contributed by atoms with van der Waals surface area (Å²) in [5, 5.41) is 12.9. The molecule has 1 aliphatic carbocycles. The van der Waals surface area contributed by atoms with E-state index >= 15 is 0 Å². The molecule has 25 heavy (non-hydrogen) atoms. The molecular weight excluding hydrogens is 331 g/mol. The molecular formula is C19H26F3NO2. The van der Waals surface area contributed by atoms with E-state index in [2.05, 4.69) is 5.32 Å². The average molecular weight is 357 g/mol. The number of hydrogen-bond acceptors (Lipinski definition) is 2. The second-order valence-electron chi connectivity index (χ2n) is 7.00. The molecule has 1 saturated carbocycles. The summed E-state index contributed by atoms with van der Waals surface area (Å²) < 4.78 is 37.9. The van der Waals surface area contributed by atoms with Crippen LogP contribution >= 0.6 is 0 Å². The molecule has 0 heterocycles. The highest BCUT2D eigenvalue weighted by atomic mass is 19.4. The number of alkyl halides is 3. The van der Waals surface area contributed by atoms with Gasteiger partial charge in [-0.1, -0.05) is 26.0 Å². The lowest BCUT2D eigenvalue weighted by Crippen LogP contribution is -2.43. The Labute approximate surface area is 146 Å². The fourth-order valence-corrected chi connectivity index (χ4v) is 3.63. The summed E-state index contributed by atoms with van der Waals surface area (Å²) in [5.74, 6) is -0.551. The molecule has 0 radical (unpaired) electrons. The van der Waals surface area contributed by atoms with E-state index in [0.717, 1.165) is 37.0 Å². The quantitative estimate of drug-likeness (QED) is 0.735. The maximum atomic E-state index is 12.6. The molecule has 1 fully saturated rings. The van der Waals surface area contributed by atoms with Gasteiger partial charge in [-0.2, -0.15) is 13.2 Å². The fourth-order valence-electron chi connectivity index (χ4n) is 3.63. The SMILES string of the molecule is CCC(CC)(CNC1CCC(c2ccc(C(F)(F)F)cc2)C1)C(=O)O. The van der Waals surface area contributed by atoms with Crippen molar-refractivity contribution in [3.8, 4) is 0 Å². The Morgan fingerprint density at radius 2 is 1.76 bits per heavy atom. The number of nitrogens with one attached hydrogen (secondary N) is 1. The van der Waals surface area contributed by atoms with Crippen LogP contribution in [0.4, 0.5) is 13.2 Å². The lowest BCUT2D eigenvalue weighted by molar-refractivity contribution is -0.149. The zero-order valence-corrected chi connectivity index (χ0v) is 14.7. The highest BCUT2D eigenvalue weighted by molar-refractivity contribution is 5.74. The number of carboxylic acid groups (broad SMARTS) is 1. The number of aliphatic carboxylic acids is 1. The molecule has 3 nitrogen and oxygen atoms in total. The van der Waals surface area contributed by atoms with Crippen LogP contribution in [0, 0.1) is 5.41 Å². The number of hydrogen-bond donors (Lipinski definition) is 2. The van der Waals surface area contributed by atoms with Gasteiger partial charge in [0.1, 0.15) is 0 Å². The van der Waals surface area contributed by atoms with E-state index < -0.39 is 23.1 Å². The van der Waals surface area contributed by atoms with Crippen molar-refractivity contribution in [2.24, 2.45) is 5.41 Å². The molecule has 2 N–H and O–H groups in total. The van der Waals surface area contributed by atoms with Gasteiger partial charge in [0.05, 0.1) is 11.0 Å². The summed E-state index contributed by atoms with van der Waals surface area (Å²) in [4.78, 5) is 11.6. The zero-order valence-electron chi connectivity index (χ0n) is 14.7. The van der Waals surface area contributed by atoms with Gasteiger partial charge in [0.25, 0.3) is 0 Å². The number of carbonyl (C=O) groups is 1. The fraction of sp³-hybridized carbons (Fsp3) is 0.632. The van der Waals surface area contributed by atoms with Gasteiger partial charge in [-0.15, -0.1) is 0 Å². The summed E-state index contributed by atoms with van der Waals surface area (Å²) in [7, 11) is 0. The van der Waals surface area contributed by atoms with Gasteiger partial charge < -0.3 is 10.4 Å². The van der Waals surface area contributed by atoms with Crippen molar-refractivity contribution in [2.75, 3.05) is 6.54 Å². The van der Waals surface area contributed by atoms with Crippen molar-refractivity contribution in [1.29, 1.82) is 0 Å². The largest absolute Gasteiger partial charge is 0.481 e. The number of rotatable bonds is 7. The van der Waals surface area contributed by atoms with Crippen LogP contribution in [0.25, 0.3) is 0 Å². The first kappa shape index (κ1) is 19.8. The van der Waals surface area contributed by atoms with Gasteiger partial charge in [0, 0.05) is 12.6 Å². The first-order valence-electron chi connectivity index (χ1n) is 8.85. The second kappa shape index (κ2) is 7.77. The Bertz CT molecular complexity index is 579. The number of carboxylic acids is 1. The van der Waals surface area contributed by atoms with Crippen molar-refractivity contribution >= 4 is 5.97 Å². The Kier molecular flexibility index (Phi) is 6.14. The molecule has 6 heteroatoms. The minimum Gasteiger partial charge on any atom is -0.481 e. The van der Waals surface area contributed by atoms with Gasteiger partial charge in [-0.25, -0.2) is 0 Å². The van der Waals surface area contributed by atoms with Gasteiger partial charge in [-0.05, 0) is 55.7 Å². The van der Waals surface area contributed by atoms with Crippen molar-refractivity contribution < 1.29 is 23.1 Å². The van der Waals surface area contributed by atoms with Crippen LogP contribution in [0.2, 0.25) is 0 Å². The molecule has 0 saturated heterocycles. The third-order valence-electron chi connectivity index (χ3n) is 5.68. The predicted molar refractivity (Wildman–Crippen MR) is 90.5 cm³/mol.